The molecule has 0 saturated heterocycles. The van der Waals surface area contributed by atoms with E-state index >= 15 is 0 Å². The second kappa shape index (κ2) is 6.38. The first-order valence-corrected chi connectivity index (χ1v) is 7.97. The standard InChI is InChI=1S/C16H31NO/c1-16(2,3)18-15-11-9-14(10-12-15)17-13-7-5-4-6-8-13/h13-15,17H,4-12H2,1-3H3/t14-,15-. The lowest BCUT2D eigenvalue weighted by Crippen LogP contribution is -2.43. The van der Waals surface area contributed by atoms with E-state index in [1.807, 2.05) is 0 Å². The third-order valence-electron chi connectivity index (χ3n) is 4.27. The van der Waals surface area contributed by atoms with Gasteiger partial charge in [-0.15, -0.1) is 0 Å². The second-order valence-corrected chi connectivity index (χ2v) is 7.21. The topological polar surface area (TPSA) is 21.3 Å². The summed E-state index contributed by atoms with van der Waals surface area (Å²) in [6.07, 6.45) is 12.7. The maximum atomic E-state index is 6.09. The molecule has 0 unspecified atom stereocenters. The number of nitrogens with one attached hydrogen (secondary N) is 1. The number of hydrogen-bond donors (Lipinski definition) is 1. The van der Waals surface area contributed by atoms with Crippen molar-refractivity contribution in [1.29, 1.82) is 0 Å². The van der Waals surface area contributed by atoms with Crippen LogP contribution in [0.25, 0.3) is 0 Å². The summed E-state index contributed by atoms with van der Waals surface area (Å²) in [7, 11) is 0. The molecule has 1 N–H and O–H groups in total. The van der Waals surface area contributed by atoms with Crippen molar-refractivity contribution in [2.24, 2.45) is 0 Å². The van der Waals surface area contributed by atoms with Crippen LogP contribution in [0.15, 0.2) is 0 Å². The van der Waals surface area contributed by atoms with Crippen LogP contribution in [0.1, 0.15) is 78.6 Å². The monoisotopic (exact) mass is 253 g/mol. The number of hydrogen-bond acceptors (Lipinski definition) is 2. The molecule has 0 aliphatic heterocycles. The van der Waals surface area contributed by atoms with E-state index in [9.17, 15) is 0 Å². The van der Waals surface area contributed by atoms with Crippen LogP contribution >= 0.6 is 0 Å². The summed E-state index contributed by atoms with van der Waals surface area (Å²) in [4.78, 5) is 0. The van der Waals surface area contributed by atoms with Gasteiger partial charge in [-0.2, -0.15) is 0 Å². The van der Waals surface area contributed by atoms with Crippen molar-refractivity contribution in [2.45, 2.75) is 102 Å². The van der Waals surface area contributed by atoms with Gasteiger partial charge < -0.3 is 10.1 Å². The Bertz CT molecular complexity index is 232. The summed E-state index contributed by atoms with van der Waals surface area (Å²) in [6, 6.07) is 1.57. The van der Waals surface area contributed by atoms with Gasteiger partial charge in [0.05, 0.1) is 11.7 Å². The summed E-state index contributed by atoms with van der Waals surface area (Å²) < 4.78 is 6.09. The predicted octanol–water partition coefficient (Wildman–Crippen LogP) is 4.04. The minimum atomic E-state index is 0.0221. The van der Waals surface area contributed by atoms with E-state index in [-0.39, 0.29) is 5.60 Å². The van der Waals surface area contributed by atoms with Crippen molar-refractivity contribution in [1.82, 2.24) is 5.32 Å². The van der Waals surface area contributed by atoms with E-state index in [1.165, 1.54) is 57.8 Å². The SMILES string of the molecule is CC(C)(C)O[C@H]1CC[C@H](NC2CCCCC2)CC1. The Kier molecular flexibility index (Phi) is 5.08. The lowest BCUT2D eigenvalue weighted by Gasteiger charge is -2.36. The third kappa shape index (κ3) is 4.89. The smallest absolute Gasteiger partial charge is 0.0602 e. The van der Waals surface area contributed by atoms with Crippen molar-refractivity contribution < 1.29 is 4.74 Å². The predicted molar refractivity (Wildman–Crippen MR) is 76.9 cm³/mol. The first-order chi connectivity index (χ1) is 8.53. The Morgan fingerprint density at radius 2 is 1.33 bits per heavy atom. The van der Waals surface area contributed by atoms with Gasteiger partial charge in [0.1, 0.15) is 0 Å². The Morgan fingerprint density at radius 1 is 0.778 bits per heavy atom. The molecule has 2 nitrogen and oxygen atoms in total. The van der Waals surface area contributed by atoms with Crippen molar-refractivity contribution in [3.63, 3.8) is 0 Å². The zero-order chi connectivity index (χ0) is 13.0. The lowest BCUT2D eigenvalue weighted by atomic mass is 9.89. The molecule has 0 amide bonds. The molecule has 18 heavy (non-hydrogen) atoms. The second-order valence-electron chi connectivity index (χ2n) is 7.21. The van der Waals surface area contributed by atoms with E-state index < -0.39 is 0 Å². The molecule has 0 bridgehead atoms. The molecule has 0 heterocycles. The van der Waals surface area contributed by atoms with E-state index in [0.29, 0.717) is 6.10 Å². The average molecular weight is 253 g/mol. The molecular weight excluding hydrogens is 222 g/mol. The fourth-order valence-corrected chi connectivity index (χ4v) is 3.45. The summed E-state index contributed by atoms with van der Waals surface area (Å²) in [5.41, 5.74) is 0.0221. The Morgan fingerprint density at radius 3 is 1.89 bits per heavy atom. The molecule has 0 aromatic heterocycles. The van der Waals surface area contributed by atoms with Gasteiger partial charge in [0, 0.05) is 12.1 Å². The molecular formula is C16H31NO. The lowest BCUT2D eigenvalue weighted by molar-refractivity contribution is -0.0763. The van der Waals surface area contributed by atoms with Crippen molar-refractivity contribution in [3.05, 3.63) is 0 Å². The Balaban J connectivity index is 1.66. The summed E-state index contributed by atoms with van der Waals surface area (Å²) >= 11 is 0. The van der Waals surface area contributed by atoms with Gasteiger partial charge in [0.15, 0.2) is 0 Å². The van der Waals surface area contributed by atoms with Gasteiger partial charge in [-0.3, -0.25) is 0 Å². The fourth-order valence-electron chi connectivity index (χ4n) is 3.45. The van der Waals surface area contributed by atoms with Crippen LogP contribution < -0.4 is 5.32 Å². The molecule has 0 radical (unpaired) electrons. The molecule has 0 aromatic carbocycles. The van der Waals surface area contributed by atoms with Crippen molar-refractivity contribution in [2.75, 3.05) is 0 Å². The van der Waals surface area contributed by atoms with E-state index in [4.69, 9.17) is 4.74 Å². The van der Waals surface area contributed by atoms with E-state index in [1.54, 1.807) is 0 Å². The van der Waals surface area contributed by atoms with Gasteiger partial charge >= 0.3 is 0 Å². The Labute approximate surface area is 113 Å². The highest BCUT2D eigenvalue weighted by molar-refractivity contribution is 4.83. The number of rotatable bonds is 3. The van der Waals surface area contributed by atoms with Crippen LogP contribution in [-0.4, -0.2) is 23.8 Å². The van der Waals surface area contributed by atoms with Gasteiger partial charge in [-0.25, -0.2) is 0 Å². The van der Waals surface area contributed by atoms with Gasteiger partial charge in [-0.05, 0) is 59.3 Å². The Hall–Kier alpha value is -0.0800. The summed E-state index contributed by atoms with van der Waals surface area (Å²) in [6.45, 7) is 6.50. The van der Waals surface area contributed by atoms with Gasteiger partial charge in [0.2, 0.25) is 0 Å². The highest BCUT2D eigenvalue weighted by Crippen LogP contribution is 2.27. The molecule has 2 rings (SSSR count). The van der Waals surface area contributed by atoms with Crippen LogP contribution in [0.3, 0.4) is 0 Å². The van der Waals surface area contributed by atoms with Crippen LogP contribution in [0.4, 0.5) is 0 Å². The molecule has 2 aliphatic rings. The average Bonchev–Trinajstić information content (AvgIpc) is 2.31. The van der Waals surface area contributed by atoms with E-state index in [0.717, 1.165) is 12.1 Å². The number of ether oxygens (including phenoxy) is 1. The first kappa shape index (κ1) is 14.3. The minimum absolute atomic E-state index is 0.0221. The summed E-state index contributed by atoms with van der Waals surface area (Å²) in [5.74, 6) is 0. The van der Waals surface area contributed by atoms with Gasteiger partial charge in [-0.1, -0.05) is 19.3 Å². The largest absolute Gasteiger partial charge is 0.373 e. The van der Waals surface area contributed by atoms with E-state index in [2.05, 4.69) is 26.1 Å². The minimum Gasteiger partial charge on any atom is -0.373 e. The molecule has 0 aromatic rings. The van der Waals surface area contributed by atoms with Crippen LogP contribution in [-0.2, 0) is 4.74 Å². The van der Waals surface area contributed by atoms with Crippen molar-refractivity contribution >= 4 is 0 Å². The van der Waals surface area contributed by atoms with Crippen LogP contribution in [0.2, 0.25) is 0 Å². The first-order valence-electron chi connectivity index (χ1n) is 7.97. The fraction of sp³-hybridized carbons (Fsp3) is 1.00. The third-order valence-corrected chi connectivity index (χ3v) is 4.27. The van der Waals surface area contributed by atoms with Crippen molar-refractivity contribution in [3.8, 4) is 0 Å². The highest BCUT2D eigenvalue weighted by Gasteiger charge is 2.26. The van der Waals surface area contributed by atoms with Gasteiger partial charge in [0.25, 0.3) is 0 Å². The zero-order valence-corrected chi connectivity index (χ0v) is 12.5. The molecule has 2 saturated carbocycles. The molecule has 2 aliphatic carbocycles. The maximum absolute atomic E-state index is 6.09. The molecule has 2 fully saturated rings. The van der Waals surface area contributed by atoms with Crippen LogP contribution in [0.5, 0.6) is 0 Å². The molecule has 106 valence electrons. The molecule has 2 heteroatoms. The normalized spacial score (nSPS) is 31.5. The highest BCUT2D eigenvalue weighted by atomic mass is 16.5. The van der Waals surface area contributed by atoms with Crippen LogP contribution in [0, 0.1) is 0 Å². The molecule has 0 spiro atoms. The zero-order valence-electron chi connectivity index (χ0n) is 12.5. The summed E-state index contributed by atoms with van der Waals surface area (Å²) in [5, 5.41) is 3.89. The maximum Gasteiger partial charge on any atom is 0.0602 e. The molecule has 0 atom stereocenters. The quantitative estimate of drug-likeness (QED) is 0.820.